The first-order valence-corrected chi connectivity index (χ1v) is 9.66. The number of carbonyl (C=O) groups excluding carboxylic acids is 1. The Morgan fingerprint density at radius 3 is 2.77 bits per heavy atom. The Balaban J connectivity index is 0.00000243. The number of carbonyl (C=O) groups is 1. The van der Waals surface area contributed by atoms with Gasteiger partial charge in [-0.05, 0) is 45.5 Å². The van der Waals surface area contributed by atoms with E-state index in [0.29, 0.717) is 6.04 Å². The second-order valence-electron chi connectivity index (χ2n) is 6.67. The van der Waals surface area contributed by atoms with Gasteiger partial charge in [-0.15, -0.1) is 23.7 Å². The molecule has 0 bridgehead atoms. The molecular weight excluding hydrogens is 368 g/mol. The molecule has 1 N–H and O–H groups in total. The molecule has 0 spiro atoms. The zero-order valence-corrected chi connectivity index (χ0v) is 17.2. The summed E-state index contributed by atoms with van der Waals surface area (Å²) in [5, 5.41) is 6.19. The molecule has 1 amide bonds. The molecule has 1 unspecified atom stereocenters. The number of aryl methyl sites for hydroxylation is 1. The van der Waals surface area contributed by atoms with Crippen molar-refractivity contribution in [2.24, 2.45) is 0 Å². The number of rotatable bonds is 5. The molecule has 3 rings (SSSR count). The van der Waals surface area contributed by atoms with Crippen LogP contribution < -0.4 is 10.2 Å². The lowest BCUT2D eigenvalue weighted by atomic mass is 10.1. The summed E-state index contributed by atoms with van der Waals surface area (Å²) in [6, 6.07) is 8.55. The number of nitrogens with zero attached hydrogens (tertiary/aromatic N) is 3. The number of aromatic nitrogens is 1. The summed E-state index contributed by atoms with van der Waals surface area (Å²) in [4.78, 5) is 21.1. The van der Waals surface area contributed by atoms with Crippen LogP contribution in [0.4, 0.5) is 10.8 Å². The smallest absolute Gasteiger partial charge is 0.230 e. The van der Waals surface area contributed by atoms with Crippen molar-refractivity contribution in [1.82, 2.24) is 15.2 Å². The number of likely N-dealkylation sites (tertiary alicyclic amines) is 1. The first-order chi connectivity index (χ1) is 12.1. The van der Waals surface area contributed by atoms with Gasteiger partial charge in [-0.3, -0.25) is 14.6 Å². The van der Waals surface area contributed by atoms with Crippen LogP contribution in [0, 0.1) is 6.92 Å². The first-order valence-electron chi connectivity index (χ1n) is 8.78. The van der Waals surface area contributed by atoms with Crippen molar-refractivity contribution in [3.05, 3.63) is 40.9 Å². The van der Waals surface area contributed by atoms with E-state index in [9.17, 15) is 4.79 Å². The highest BCUT2D eigenvalue weighted by Gasteiger charge is 2.21. The van der Waals surface area contributed by atoms with Crippen LogP contribution in [0.2, 0.25) is 0 Å². The van der Waals surface area contributed by atoms with Gasteiger partial charge in [-0.2, -0.15) is 0 Å². The third-order valence-corrected chi connectivity index (χ3v) is 5.51. The fourth-order valence-electron chi connectivity index (χ4n) is 3.26. The third kappa shape index (κ3) is 5.04. The quantitative estimate of drug-likeness (QED) is 0.839. The molecule has 26 heavy (non-hydrogen) atoms. The fourth-order valence-corrected chi connectivity index (χ4v) is 4.13. The summed E-state index contributed by atoms with van der Waals surface area (Å²) >= 11 is 1.53. The first kappa shape index (κ1) is 20.8. The van der Waals surface area contributed by atoms with Crippen molar-refractivity contribution in [2.45, 2.75) is 39.3 Å². The summed E-state index contributed by atoms with van der Waals surface area (Å²) in [6.07, 6.45) is 2.45. The van der Waals surface area contributed by atoms with Crippen molar-refractivity contribution in [3.8, 4) is 0 Å². The number of thiazole rings is 1. The lowest BCUT2D eigenvalue weighted by molar-refractivity contribution is -0.115. The molecule has 1 aliphatic heterocycles. The molecule has 5 nitrogen and oxygen atoms in total. The number of amides is 1. The second kappa shape index (κ2) is 9.46. The second-order valence-corrected chi connectivity index (χ2v) is 7.51. The lowest BCUT2D eigenvalue weighted by Gasteiger charge is -2.31. The van der Waals surface area contributed by atoms with Crippen molar-refractivity contribution >= 4 is 40.5 Å². The van der Waals surface area contributed by atoms with E-state index in [4.69, 9.17) is 4.98 Å². The molecule has 0 aliphatic carbocycles. The zero-order chi connectivity index (χ0) is 17.8. The molecule has 0 saturated carbocycles. The van der Waals surface area contributed by atoms with Gasteiger partial charge in [0.15, 0.2) is 5.13 Å². The van der Waals surface area contributed by atoms with Gasteiger partial charge in [0.1, 0.15) is 0 Å². The van der Waals surface area contributed by atoms with Crippen molar-refractivity contribution < 1.29 is 4.79 Å². The van der Waals surface area contributed by atoms with Gasteiger partial charge in [0.25, 0.3) is 0 Å². The Morgan fingerprint density at radius 1 is 1.38 bits per heavy atom. The van der Waals surface area contributed by atoms with Crippen LogP contribution in [0.15, 0.2) is 29.6 Å². The minimum absolute atomic E-state index is 0. The molecule has 142 valence electrons. The van der Waals surface area contributed by atoms with Crippen LogP contribution in [-0.4, -0.2) is 42.0 Å². The van der Waals surface area contributed by atoms with E-state index in [1.807, 2.05) is 38.2 Å². The van der Waals surface area contributed by atoms with Crippen LogP contribution in [0.5, 0.6) is 0 Å². The van der Waals surface area contributed by atoms with Gasteiger partial charge in [-0.25, -0.2) is 4.98 Å². The zero-order valence-electron chi connectivity index (χ0n) is 15.6. The Kier molecular flexibility index (Phi) is 7.58. The van der Waals surface area contributed by atoms with E-state index in [-0.39, 0.29) is 18.3 Å². The molecule has 0 radical (unpaired) electrons. The van der Waals surface area contributed by atoms with Gasteiger partial charge < -0.3 is 5.32 Å². The predicted octanol–water partition coefficient (Wildman–Crippen LogP) is 3.74. The van der Waals surface area contributed by atoms with Gasteiger partial charge in [-0.1, -0.05) is 17.7 Å². The summed E-state index contributed by atoms with van der Waals surface area (Å²) in [5.41, 5.74) is 3.08. The molecule has 2 aromatic rings. The summed E-state index contributed by atoms with van der Waals surface area (Å²) in [5.74, 6) is -0.0158. The highest BCUT2D eigenvalue weighted by Crippen LogP contribution is 2.29. The Hall–Kier alpha value is -1.47. The van der Waals surface area contributed by atoms with E-state index < -0.39 is 0 Å². The number of piperidine rings is 1. The number of likely N-dealkylation sites (N-methyl/N-ethyl adjacent to an activating group) is 1. The average Bonchev–Trinajstić information content (AvgIpc) is 3.04. The van der Waals surface area contributed by atoms with E-state index in [0.717, 1.165) is 36.1 Å². The third-order valence-electron chi connectivity index (χ3n) is 4.64. The molecule has 1 saturated heterocycles. The number of anilines is 2. The molecule has 1 aliphatic rings. The maximum absolute atomic E-state index is 12.2. The molecule has 7 heteroatoms. The van der Waals surface area contributed by atoms with Crippen LogP contribution in [0.3, 0.4) is 0 Å². The topological polar surface area (TPSA) is 48.5 Å². The van der Waals surface area contributed by atoms with Gasteiger partial charge in [0.2, 0.25) is 5.91 Å². The largest absolute Gasteiger partial charge is 0.316 e. The fraction of sp³-hybridized carbons (Fsp3) is 0.474. The number of hydrogen-bond donors (Lipinski definition) is 1. The summed E-state index contributed by atoms with van der Waals surface area (Å²) in [6.45, 7) is 6.63. The van der Waals surface area contributed by atoms with Gasteiger partial charge in [0, 0.05) is 31.4 Å². The maximum Gasteiger partial charge on any atom is 0.230 e. The number of nitrogens with one attached hydrogen (secondary N) is 1. The van der Waals surface area contributed by atoms with Crippen molar-refractivity contribution in [3.63, 3.8) is 0 Å². The Labute approximate surface area is 165 Å². The molecule has 1 fully saturated rings. The predicted molar refractivity (Wildman–Crippen MR) is 111 cm³/mol. The summed E-state index contributed by atoms with van der Waals surface area (Å²) in [7, 11) is 2.03. The van der Waals surface area contributed by atoms with E-state index in [1.165, 1.54) is 29.7 Å². The van der Waals surface area contributed by atoms with Gasteiger partial charge in [0.05, 0.1) is 11.4 Å². The average molecular weight is 395 g/mol. The number of halogens is 1. The Morgan fingerprint density at radius 2 is 2.12 bits per heavy atom. The van der Waals surface area contributed by atoms with Gasteiger partial charge >= 0.3 is 0 Å². The van der Waals surface area contributed by atoms with Crippen molar-refractivity contribution in [2.75, 3.05) is 25.0 Å². The van der Waals surface area contributed by atoms with Crippen LogP contribution in [0.1, 0.15) is 31.0 Å². The van der Waals surface area contributed by atoms with E-state index in [1.54, 1.807) is 11.8 Å². The SMILES string of the molecule is CNC1CCCN(Cc2csc(N(C(C)=O)c3ccc(C)cc3)n2)C1.Cl. The van der Waals surface area contributed by atoms with Crippen molar-refractivity contribution in [1.29, 1.82) is 0 Å². The highest BCUT2D eigenvalue weighted by atomic mass is 35.5. The van der Waals surface area contributed by atoms with Crippen LogP contribution >= 0.6 is 23.7 Å². The number of hydrogen-bond acceptors (Lipinski definition) is 5. The molecule has 2 heterocycles. The lowest BCUT2D eigenvalue weighted by Crippen LogP contribution is -2.43. The molecule has 1 aromatic heterocycles. The summed E-state index contributed by atoms with van der Waals surface area (Å²) < 4.78 is 0. The standard InChI is InChI=1S/C19H26N4OS.ClH/c1-14-6-8-18(9-7-14)23(15(2)24)19-21-17(13-25-19)12-22-10-4-5-16(11-22)20-3;/h6-9,13,16,20H,4-5,10-12H2,1-3H3;1H. The van der Waals surface area contributed by atoms with Crippen LogP contribution in [0.25, 0.3) is 0 Å². The monoisotopic (exact) mass is 394 g/mol. The molecule has 1 atom stereocenters. The minimum Gasteiger partial charge on any atom is -0.316 e. The maximum atomic E-state index is 12.2. The minimum atomic E-state index is -0.0158. The molecule has 1 aromatic carbocycles. The normalized spacial score (nSPS) is 17.6. The molecular formula is C19H27ClN4OS. The number of benzene rings is 1. The Bertz CT molecular complexity index is 719. The van der Waals surface area contributed by atoms with E-state index >= 15 is 0 Å². The van der Waals surface area contributed by atoms with E-state index in [2.05, 4.69) is 15.6 Å². The highest BCUT2D eigenvalue weighted by molar-refractivity contribution is 7.14. The van der Waals surface area contributed by atoms with Crippen LogP contribution in [-0.2, 0) is 11.3 Å².